The summed E-state index contributed by atoms with van der Waals surface area (Å²) in [6.45, 7) is 25.1. The van der Waals surface area contributed by atoms with E-state index in [1.54, 1.807) is 119 Å². The zero-order valence-electron chi connectivity index (χ0n) is 77.3. The number of halogens is 2. The number of carbonyl (C=O) groups excluding carboxylic acids is 5. The van der Waals surface area contributed by atoms with Gasteiger partial charge in [-0.1, -0.05) is 29.8 Å². The highest BCUT2D eigenvalue weighted by atomic mass is 35.5. The van der Waals surface area contributed by atoms with Crippen molar-refractivity contribution >= 4 is 117 Å². The Labute approximate surface area is 777 Å². The number of pyridine rings is 6. The van der Waals surface area contributed by atoms with E-state index in [1.807, 2.05) is 143 Å². The summed E-state index contributed by atoms with van der Waals surface area (Å²) in [5.41, 5.74) is 13.3. The molecule has 4 saturated heterocycles. The lowest BCUT2D eigenvalue weighted by atomic mass is 9.78. The van der Waals surface area contributed by atoms with Gasteiger partial charge >= 0.3 is 19.3 Å². The third-order valence-corrected chi connectivity index (χ3v) is 22.8. The first kappa shape index (κ1) is 97.2. The van der Waals surface area contributed by atoms with Crippen LogP contribution in [0.2, 0.25) is 5.02 Å². The molecule has 5 amide bonds. The Morgan fingerprint density at radius 2 is 0.939 bits per heavy atom. The van der Waals surface area contributed by atoms with Gasteiger partial charge in [0.15, 0.2) is 28.3 Å². The molecule has 32 nitrogen and oxygen atoms in total. The quantitative estimate of drug-likeness (QED) is 0.0615. The Kier molecular flexibility index (Phi) is 29.9. The van der Waals surface area contributed by atoms with Gasteiger partial charge in [-0.3, -0.25) is 34.3 Å². The van der Waals surface area contributed by atoms with E-state index in [0.717, 1.165) is 82.6 Å². The fraction of sp³-hybridized carbons (Fsp3) is 0.361. The molecule has 4 N–H and O–H groups in total. The topological polar surface area (TPSA) is 393 Å². The highest BCUT2D eigenvalue weighted by Crippen LogP contribution is 2.42. The molecule has 16 rings (SSSR count). The molecule has 4 aliphatic rings. The molecule has 132 heavy (non-hydrogen) atoms. The molecule has 0 aliphatic carbocycles. The third-order valence-electron chi connectivity index (χ3n) is 22.5. The van der Waals surface area contributed by atoms with E-state index in [2.05, 4.69) is 69.4 Å². The summed E-state index contributed by atoms with van der Waals surface area (Å²) in [5, 5.41) is 43.6. The predicted octanol–water partition coefficient (Wildman–Crippen LogP) is 16.7. The Bertz CT molecular complexity index is 6430. The normalized spacial score (nSPS) is 15.9. The minimum absolute atomic E-state index is 0. The Hall–Kier alpha value is -13.9. The largest absolute Gasteiger partial charge is 0.494 e. The van der Waals surface area contributed by atoms with Crippen LogP contribution < -0.4 is 36.2 Å². The number of anilines is 3. The Balaban J connectivity index is 0.000000162. The van der Waals surface area contributed by atoms with Gasteiger partial charge in [-0.2, -0.15) is 15.8 Å². The van der Waals surface area contributed by atoms with Crippen molar-refractivity contribution < 1.29 is 65.5 Å². The van der Waals surface area contributed by atoms with Crippen molar-refractivity contribution in [2.75, 3.05) is 112 Å². The maximum Gasteiger partial charge on any atom is 0.494 e. The van der Waals surface area contributed by atoms with E-state index >= 15 is 0 Å². The van der Waals surface area contributed by atoms with Crippen LogP contribution in [0.4, 0.5) is 26.7 Å². The van der Waals surface area contributed by atoms with E-state index in [1.165, 1.54) is 41.3 Å². The van der Waals surface area contributed by atoms with Crippen LogP contribution >= 0.6 is 24.0 Å². The second kappa shape index (κ2) is 40.6. The predicted molar refractivity (Wildman–Crippen MR) is 508 cm³/mol. The summed E-state index contributed by atoms with van der Waals surface area (Å²) in [4.78, 5) is 95.6. The lowest BCUT2D eigenvalue weighted by Crippen LogP contribution is -2.41. The van der Waals surface area contributed by atoms with Gasteiger partial charge in [0.25, 0.3) is 17.7 Å². The lowest BCUT2D eigenvalue weighted by Gasteiger charge is -2.32. The molecule has 13 heterocycles. The summed E-state index contributed by atoms with van der Waals surface area (Å²) in [5.74, 6) is 1.86. The zero-order chi connectivity index (χ0) is 94.3. The molecule has 0 radical (unpaired) electrons. The molecular weight excluding hydrogens is 1720 g/mol. The molecule has 3 unspecified atom stereocenters. The van der Waals surface area contributed by atoms with Crippen molar-refractivity contribution in [1.82, 2.24) is 59.7 Å². The minimum Gasteiger partial charge on any atom is -0.494 e. The number of likely N-dealkylation sites (tertiary alicyclic amines) is 2. The standard InChI is InChI=1S/C32H34N6O5.C27H26N6O3.C22H32BN3O4.C16H14ClN3O2.ClH/c1-32(2,3)43-31(40)38-12-10-22(18-38)36-24-8-7-19(13-20(24)16-33)23-9-11-34-25-15-27(42-29(23)25)28-26(41-6)14-21(17-35-28)30(39)37(4)5;1-33(2)27(34)18-11-23(35-3)25(31-14-18)24-12-22-26(36-24)20(7-9-30-22)16-4-5-21(17(10-16)13-28)32-19-6-8-29-15-19;1-20(2,3)28-19(27)26-11-10-17(14-26)25-18-9-8-16(12-15(18)13-24)23-29-21(4,5)22(6,7)30-23;1-9-6-13(16(21)20(2)3)19-8-10(9)14-7-12-15(22-14)11(17)4-5-18-12;/h7-9,11,13-15,17,22,36H,10,12,18H2,1-6H3;4-5,7,9-12,14,19,29,32H,6,8,15H2,1-3H3;8-9,12,17,25H,10-11,14H2,1-7H3;4-8H,1-3H3;1H. The maximum absolute atomic E-state index is 12.5. The van der Waals surface area contributed by atoms with Crippen molar-refractivity contribution in [2.45, 2.75) is 136 Å². The first-order valence-electron chi connectivity index (χ1n) is 42.7. The van der Waals surface area contributed by atoms with Gasteiger partial charge < -0.3 is 87.3 Å². The van der Waals surface area contributed by atoms with Gasteiger partial charge in [0.1, 0.15) is 80.3 Å². The molecule has 9 aromatic heterocycles. The number of carbonyl (C=O) groups is 5. The number of benzene rings is 3. The lowest BCUT2D eigenvalue weighted by molar-refractivity contribution is 0.00578. The van der Waals surface area contributed by atoms with Crippen LogP contribution in [0.5, 0.6) is 11.5 Å². The molecule has 686 valence electrons. The van der Waals surface area contributed by atoms with Crippen LogP contribution in [-0.2, 0) is 18.8 Å². The van der Waals surface area contributed by atoms with Gasteiger partial charge in [0.2, 0.25) is 0 Å². The average molecular weight is 1830 g/mol. The maximum atomic E-state index is 12.5. The number of aromatic nitrogens is 6. The third kappa shape index (κ3) is 22.4. The molecule has 35 heteroatoms. The molecule has 4 aliphatic heterocycles. The number of fused-ring (bicyclic) bond motifs is 3. The van der Waals surface area contributed by atoms with Gasteiger partial charge in [-0.15, -0.1) is 12.4 Å². The van der Waals surface area contributed by atoms with Crippen LogP contribution in [-0.4, -0.2) is 228 Å². The Morgan fingerprint density at radius 3 is 1.36 bits per heavy atom. The number of nitrogens with one attached hydrogen (secondary N) is 4. The number of hydrogen-bond acceptors (Lipinski definition) is 27. The summed E-state index contributed by atoms with van der Waals surface area (Å²) in [7, 11) is 12.6. The van der Waals surface area contributed by atoms with Gasteiger partial charge in [0.05, 0.1) is 75.3 Å². The summed E-state index contributed by atoms with van der Waals surface area (Å²) in [6, 6.07) is 40.0. The number of amides is 5. The first-order valence-corrected chi connectivity index (χ1v) is 43.1. The van der Waals surface area contributed by atoms with Gasteiger partial charge in [-0.25, -0.2) is 19.6 Å². The minimum atomic E-state index is -0.556. The van der Waals surface area contributed by atoms with Gasteiger partial charge in [-0.05, 0) is 197 Å². The highest BCUT2D eigenvalue weighted by Gasteiger charge is 2.52. The fourth-order valence-electron chi connectivity index (χ4n) is 15.0. The van der Waals surface area contributed by atoms with E-state index in [-0.39, 0.29) is 54.4 Å². The van der Waals surface area contributed by atoms with E-state index in [4.69, 9.17) is 53.1 Å². The Morgan fingerprint density at radius 1 is 0.515 bits per heavy atom. The smallest absolute Gasteiger partial charge is 0.494 e. The number of ether oxygens (including phenoxy) is 4. The molecule has 4 fully saturated rings. The van der Waals surface area contributed by atoms with Crippen molar-refractivity contribution in [3.05, 3.63) is 190 Å². The number of furan rings is 3. The number of methoxy groups -OCH3 is 2. The monoisotopic (exact) mass is 1830 g/mol. The van der Waals surface area contributed by atoms with Crippen LogP contribution in [0.25, 0.3) is 89.8 Å². The molecule has 0 spiro atoms. The van der Waals surface area contributed by atoms with Gasteiger partial charge in [0, 0.05) is 165 Å². The summed E-state index contributed by atoms with van der Waals surface area (Å²) < 4.78 is 52.5. The highest BCUT2D eigenvalue weighted by molar-refractivity contribution is 6.62. The van der Waals surface area contributed by atoms with Crippen molar-refractivity contribution in [3.63, 3.8) is 0 Å². The van der Waals surface area contributed by atoms with Crippen molar-refractivity contribution in [3.8, 4) is 86.2 Å². The van der Waals surface area contributed by atoms with Crippen LogP contribution in [0.3, 0.4) is 0 Å². The number of aryl methyl sites for hydroxylation is 1. The molecule has 0 saturated carbocycles. The molecule has 12 aromatic rings. The van der Waals surface area contributed by atoms with E-state index < -0.39 is 29.5 Å². The number of nitrogens with zero attached hydrogens (tertiary/aromatic N) is 14. The van der Waals surface area contributed by atoms with Crippen molar-refractivity contribution in [2.24, 2.45) is 0 Å². The SMILES string of the molecule is CC(C)(C)OC(=O)N1CCC(Nc2ccc(B3OC(C)(C)C(C)(C)O3)cc2C#N)C1.COc1cc(C(=O)N(C)C)cnc1-c1cc2nccc(-c3ccc(NC4CCN(C(=O)OC(C)(C)C)C4)c(C#N)c3)c2o1.COc1cc(C(=O)N(C)C)cnc1-c1cc2nccc(-c3ccc(NC4CCNC4)c(C#N)c3)c2o1.Cc1cc(C(=O)N(C)C)ncc1-c1cc2nccc(Cl)c2o1.Cl. The van der Waals surface area contributed by atoms with Crippen LogP contribution in [0.15, 0.2) is 160 Å². The average Bonchev–Trinajstić information content (AvgIpc) is 1.62. The molecule has 3 aromatic carbocycles. The summed E-state index contributed by atoms with van der Waals surface area (Å²) in [6.07, 6.45) is 11.6. The second-order valence-electron chi connectivity index (χ2n) is 35.7. The molecule has 3 atom stereocenters. The van der Waals surface area contributed by atoms with E-state index in [9.17, 15) is 39.8 Å². The number of nitriles is 3. The molecule has 0 bridgehead atoms. The molecular formula is C97H107BCl2N18O14. The van der Waals surface area contributed by atoms with Crippen LogP contribution in [0, 0.1) is 40.9 Å². The van der Waals surface area contributed by atoms with Crippen LogP contribution in [0.1, 0.15) is 142 Å². The number of rotatable bonds is 17. The van der Waals surface area contributed by atoms with Crippen molar-refractivity contribution in [1.29, 1.82) is 15.8 Å². The van der Waals surface area contributed by atoms with E-state index in [0.29, 0.717) is 150 Å². The summed E-state index contributed by atoms with van der Waals surface area (Å²) >= 11 is 6.10. The first-order chi connectivity index (χ1) is 62.2. The fourth-order valence-corrected chi connectivity index (χ4v) is 15.2. The number of hydrogen-bond donors (Lipinski definition) is 4. The zero-order valence-corrected chi connectivity index (χ0v) is 78.9. The second-order valence-corrected chi connectivity index (χ2v) is 36.1.